The van der Waals surface area contributed by atoms with Crippen molar-refractivity contribution in [1.29, 1.82) is 0 Å². The van der Waals surface area contributed by atoms with Gasteiger partial charge in [-0.1, -0.05) is 105 Å². The van der Waals surface area contributed by atoms with Gasteiger partial charge in [0.15, 0.2) is 0 Å². The van der Waals surface area contributed by atoms with E-state index in [1.165, 1.54) is 22.1 Å². The Balaban J connectivity index is 0.000000289. The van der Waals surface area contributed by atoms with Crippen LogP contribution in [0.4, 0.5) is 4.39 Å². The number of nitrogens with zero attached hydrogens (tertiary/aromatic N) is 4. The molecule has 0 saturated carbocycles. The minimum atomic E-state index is -1.72. The molecule has 0 unspecified atom stereocenters. The molecule has 68 heavy (non-hydrogen) atoms. The smallest absolute Gasteiger partial charge is 0 e. The first-order chi connectivity index (χ1) is 32.4. The summed E-state index contributed by atoms with van der Waals surface area (Å²) in [5.74, 6) is 7.57. The van der Waals surface area contributed by atoms with E-state index < -0.39 is 13.3 Å². The third kappa shape index (κ3) is 9.27. The maximum atomic E-state index is 13.7. The largest absolute Gasteiger partial charge is 0 e. The van der Waals surface area contributed by atoms with Gasteiger partial charge in [0.25, 0.3) is 0 Å². The van der Waals surface area contributed by atoms with Crippen LogP contribution in [-0.2, 0) is 25.5 Å². The summed E-state index contributed by atoms with van der Waals surface area (Å²) in [4.78, 5) is 14.7. The molecule has 0 fully saturated rings. The second-order valence-corrected chi connectivity index (χ2v) is 29.5. The summed E-state index contributed by atoms with van der Waals surface area (Å²) in [6, 6.07) is 67.4. The van der Waals surface area contributed by atoms with E-state index in [0.717, 1.165) is 78.0 Å². The number of rotatable bonds is 7. The van der Waals surface area contributed by atoms with E-state index in [-0.39, 0.29) is 31.3 Å². The Morgan fingerprint density at radius 3 is 1.87 bits per heavy atom. The molecule has 1 radical (unpaired) electrons. The summed E-state index contributed by atoms with van der Waals surface area (Å²) in [5.41, 5.74) is 13.9. The number of hydrogen-bond donors (Lipinski definition) is 0. The van der Waals surface area contributed by atoms with E-state index in [1.54, 1.807) is 12.1 Å². The number of hydrogen-bond acceptors (Lipinski definition) is 4. The normalized spacial score (nSPS) is 11.6. The van der Waals surface area contributed by atoms with Gasteiger partial charge in [-0.3, -0.25) is 4.98 Å². The molecule has 5 nitrogen and oxygen atoms in total. The van der Waals surface area contributed by atoms with Crippen molar-refractivity contribution in [3.8, 4) is 61.8 Å². The number of halogens is 1. The van der Waals surface area contributed by atoms with Gasteiger partial charge < -0.3 is 8.98 Å². The first kappa shape index (κ1) is 46.3. The fourth-order valence-electron chi connectivity index (χ4n) is 8.52. The molecule has 0 atom stereocenters. The van der Waals surface area contributed by atoms with Crippen LogP contribution >= 0.6 is 0 Å². The van der Waals surface area contributed by atoms with E-state index in [0.29, 0.717) is 17.0 Å². The molecular weight excluding hydrogens is 1080 g/mol. The van der Waals surface area contributed by atoms with Gasteiger partial charge in [0, 0.05) is 42.2 Å². The van der Waals surface area contributed by atoms with Gasteiger partial charge in [0.1, 0.15) is 5.82 Å². The summed E-state index contributed by atoms with van der Waals surface area (Å²) in [7, 11) is 0. The van der Waals surface area contributed by atoms with E-state index in [2.05, 4.69) is 163 Å². The summed E-state index contributed by atoms with van der Waals surface area (Å²) in [5, 5.41) is 1.81. The molecule has 0 saturated heterocycles. The fraction of sp³-hybridized carbons (Fsp3) is 0.117. The van der Waals surface area contributed by atoms with E-state index >= 15 is 0 Å². The standard InChI is InChI=1S/C46H33FN3O.C14H16GeN.Ir/c1-46(2,3)32-27-37(29-13-6-4-7-14-29)42(38(28-32)30-15-8-5-9-16-30)50-41-20-11-10-19-40(41)48-44(50)36-18-12-17-34-35-25-26-39(49-45(35)51-43(34)36)31-21-23-33(47)24-22-31;1-15(2,3)13-9-10-14(16-11-13)12-7-5-4-6-8-12;/h4-17,19-28H,1-3H3;4-7,9-11H,1-3H3;/q2*-1;. The van der Waals surface area contributed by atoms with Crippen molar-refractivity contribution in [2.45, 2.75) is 43.5 Å². The van der Waals surface area contributed by atoms with Crippen molar-refractivity contribution < 1.29 is 28.9 Å². The topological polar surface area (TPSA) is 56.7 Å². The van der Waals surface area contributed by atoms with Gasteiger partial charge in [0.2, 0.25) is 5.71 Å². The number of pyridine rings is 2. The second kappa shape index (κ2) is 19.1. The molecule has 0 spiro atoms. The van der Waals surface area contributed by atoms with Gasteiger partial charge in [0.05, 0.1) is 33.8 Å². The number of aromatic nitrogens is 4. The summed E-state index contributed by atoms with van der Waals surface area (Å²) >= 11 is -1.72. The minimum absolute atomic E-state index is 0. The SMILES string of the molecule is CC(C)(C)c1cc(-c2ccccc2)c(-n2c(-c3[c-]ccc4c3oc3nc(-c5ccc(F)cc5)ccc34)nc3ccccc32)c(-c2ccccc2)c1.[CH3][Ge]([CH3])([CH3])[c]1ccc(-c2[c-]cccc2)nc1.[Ir]. The van der Waals surface area contributed by atoms with Crippen molar-refractivity contribution in [1.82, 2.24) is 19.5 Å². The number of para-hydroxylation sites is 2. The van der Waals surface area contributed by atoms with Crippen LogP contribution in [0, 0.1) is 17.9 Å². The van der Waals surface area contributed by atoms with Gasteiger partial charge in [-0.25, -0.2) is 9.37 Å². The Bertz CT molecular complexity index is 3460. The number of furan rings is 1. The van der Waals surface area contributed by atoms with Crippen molar-refractivity contribution in [3.05, 3.63) is 212 Å². The zero-order chi connectivity index (χ0) is 46.3. The van der Waals surface area contributed by atoms with Crippen LogP contribution in [0.3, 0.4) is 0 Å². The zero-order valence-electron chi connectivity index (χ0n) is 38.8. The van der Waals surface area contributed by atoms with Crippen molar-refractivity contribution in [2.75, 3.05) is 0 Å². The molecule has 0 aliphatic carbocycles. The molecule has 4 aromatic heterocycles. The van der Waals surface area contributed by atoms with Crippen LogP contribution in [0.15, 0.2) is 193 Å². The predicted octanol–water partition coefficient (Wildman–Crippen LogP) is 15.3. The van der Waals surface area contributed by atoms with Crippen LogP contribution in [0.2, 0.25) is 17.3 Å². The Hall–Kier alpha value is -6.77. The van der Waals surface area contributed by atoms with Gasteiger partial charge in [-0.15, -0.1) is 18.2 Å². The van der Waals surface area contributed by atoms with Crippen LogP contribution in [0.1, 0.15) is 26.3 Å². The Labute approximate surface area is 413 Å². The first-order valence-corrected chi connectivity index (χ1v) is 30.0. The molecule has 8 heteroatoms. The van der Waals surface area contributed by atoms with E-state index in [4.69, 9.17) is 14.4 Å². The average Bonchev–Trinajstić information content (AvgIpc) is 3.93. The van der Waals surface area contributed by atoms with E-state index in [1.807, 2.05) is 60.8 Å². The number of imidazole rings is 1. The third-order valence-corrected chi connectivity index (χ3v) is 16.5. The van der Waals surface area contributed by atoms with Crippen LogP contribution in [0.25, 0.3) is 94.9 Å². The van der Waals surface area contributed by atoms with E-state index in [9.17, 15) is 4.39 Å². The number of benzene rings is 7. The van der Waals surface area contributed by atoms with Gasteiger partial charge >= 0.3 is 99.8 Å². The van der Waals surface area contributed by atoms with Gasteiger partial charge in [-0.05, 0) is 82.8 Å². The summed E-state index contributed by atoms with van der Waals surface area (Å²) in [6.45, 7) is 6.78. The molecule has 11 rings (SSSR count). The predicted molar refractivity (Wildman–Crippen MR) is 277 cm³/mol. The van der Waals surface area contributed by atoms with Crippen molar-refractivity contribution >= 4 is 50.8 Å². The molecule has 0 N–H and O–H groups in total. The molecule has 0 amide bonds. The van der Waals surface area contributed by atoms with Crippen LogP contribution in [-0.4, -0.2) is 32.8 Å². The Kier molecular flexibility index (Phi) is 13.0. The maximum Gasteiger partial charge on any atom is 0 e. The van der Waals surface area contributed by atoms with Crippen molar-refractivity contribution in [3.63, 3.8) is 0 Å². The van der Waals surface area contributed by atoms with Crippen LogP contribution in [0.5, 0.6) is 0 Å². The average molecular weight is 1130 g/mol. The second-order valence-electron chi connectivity index (χ2n) is 18.9. The Morgan fingerprint density at radius 1 is 0.603 bits per heavy atom. The molecule has 0 aliphatic heterocycles. The first-order valence-electron chi connectivity index (χ1n) is 22.6. The van der Waals surface area contributed by atoms with Crippen LogP contribution < -0.4 is 4.40 Å². The molecule has 7 aromatic carbocycles. The monoisotopic (exact) mass is 1130 g/mol. The molecule has 4 heterocycles. The molecule has 337 valence electrons. The summed E-state index contributed by atoms with van der Waals surface area (Å²) < 4.78 is 24.1. The fourth-order valence-corrected chi connectivity index (χ4v) is 10.7. The summed E-state index contributed by atoms with van der Waals surface area (Å²) in [6.07, 6.45) is 2.04. The molecule has 0 bridgehead atoms. The molecule has 11 aromatic rings. The van der Waals surface area contributed by atoms with Gasteiger partial charge in [-0.2, -0.15) is 0 Å². The molecular formula is C60H49FGeIrN4O-2. The zero-order valence-corrected chi connectivity index (χ0v) is 43.3. The quantitative estimate of drug-likeness (QED) is 0.118. The number of fused-ring (bicyclic) bond motifs is 4. The Morgan fingerprint density at radius 2 is 1.25 bits per heavy atom. The minimum Gasteiger partial charge on any atom is 0 e. The van der Waals surface area contributed by atoms with Crippen molar-refractivity contribution in [2.24, 2.45) is 0 Å². The molecule has 0 aliphatic rings. The third-order valence-electron chi connectivity index (χ3n) is 12.2. The maximum absolute atomic E-state index is 13.7.